The van der Waals surface area contributed by atoms with E-state index in [9.17, 15) is 0 Å². The van der Waals surface area contributed by atoms with Crippen LogP contribution >= 0.6 is 37.0 Å². The Morgan fingerprint density at radius 3 is 1.23 bits per heavy atom. The van der Waals surface area contributed by atoms with Crippen LogP contribution in [-0.4, -0.2) is 0 Å². The molecule has 0 aliphatic heterocycles. The molecule has 26 heavy (non-hydrogen) atoms. The topological polar surface area (TPSA) is 0 Å². The Bertz CT molecular complexity index is 1010. The molecule has 0 aliphatic carbocycles. The van der Waals surface area contributed by atoms with Crippen molar-refractivity contribution in [3.63, 3.8) is 0 Å². The minimum atomic E-state index is 0.300. The van der Waals surface area contributed by atoms with Crippen molar-refractivity contribution in [2.24, 2.45) is 0 Å². The largest absolute Gasteiger partial charge is 0.126 e. The number of hydrogen-bond donors (Lipinski definition) is 0. The molecule has 0 saturated carbocycles. The van der Waals surface area contributed by atoms with Crippen molar-refractivity contribution in [3.05, 3.63) is 83.9 Å². The lowest BCUT2D eigenvalue weighted by atomic mass is 9.88. The summed E-state index contributed by atoms with van der Waals surface area (Å²) in [6.45, 7) is 0. The molecule has 0 bridgehead atoms. The van der Waals surface area contributed by atoms with Crippen LogP contribution in [0.4, 0.5) is 0 Å². The number of rotatable bonds is 3. The molecular formula is C22H22P4. The summed E-state index contributed by atoms with van der Waals surface area (Å²) in [5.74, 6) is 0. The van der Waals surface area contributed by atoms with Crippen molar-refractivity contribution >= 4 is 58.5 Å². The highest BCUT2D eigenvalue weighted by Crippen LogP contribution is 2.47. The normalized spacial score (nSPS) is 11.8. The fourth-order valence-corrected chi connectivity index (χ4v) is 4.80. The Hall–Kier alpha value is -0.880. The standard InChI is InChI=1S/C22H22P4/c23-21(24)17-11-9-13-5-1-3-7-15(13)19(17)20-16-8-4-2-6-14(16)10-12-18(20)22(25)26/h1-12,21-22H,23-26H2. The molecule has 4 rings (SSSR count). The summed E-state index contributed by atoms with van der Waals surface area (Å²) in [5.41, 5.74) is 5.37. The maximum Gasteiger partial charge on any atom is 0.0135 e. The zero-order valence-corrected chi connectivity index (χ0v) is 19.0. The van der Waals surface area contributed by atoms with Gasteiger partial charge in [-0.1, -0.05) is 72.8 Å². The number of hydrogen-bond acceptors (Lipinski definition) is 0. The zero-order chi connectivity index (χ0) is 18.3. The molecule has 0 fully saturated rings. The van der Waals surface area contributed by atoms with E-state index in [4.69, 9.17) is 0 Å². The third-order valence-corrected chi connectivity index (χ3v) is 6.33. The van der Waals surface area contributed by atoms with Crippen LogP contribution in [0.5, 0.6) is 0 Å². The predicted molar refractivity (Wildman–Crippen MR) is 131 cm³/mol. The van der Waals surface area contributed by atoms with E-state index in [0.29, 0.717) is 10.8 Å². The van der Waals surface area contributed by atoms with Gasteiger partial charge in [-0.25, -0.2) is 0 Å². The van der Waals surface area contributed by atoms with Gasteiger partial charge in [0.1, 0.15) is 0 Å². The smallest absolute Gasteiger partial charge is 0.0135 e. The second kappa shape index (κ2) is 7.63. The van der Waals surface area contributed by atoms with Crippen LogP contribution in [0.2, 0.25) is 0 Å². The van der Waals surface area contributed by atoms with Crippen LogP contribution in [0.3, 0.4) is 0 Å². The molecule has 0 aromatic heterocycles. The van der Waals surface area contributed by atoms with Crippen LogP contribution in [-0.2, 0) is 0 Å². The van der Waals surface area contributed by atoms with Gasteiger partial charge in [-0.05, 0) is 43.8 Å². The maximum absolute atomic E-state index is 2.94. The van der Waals surface area contributed by atoms with Gasteiger partial charge in [-0.15, -0.1) is 37.0 Å². The first kappa shape index (κ1) is 18.5. The van der Waals surface area contributed by atoms with Gasteiger partial charge < -0.3 is 0 Å². The van der Waals surface area contributed by atoms with E-state index in [1.54, 1.807) is 0 Å². The second-order valence-electron chi connectivity index (χ2n) is 6.55. The summed E-state index contributed by atoms with van der Waals surface area (Å²) in [6.07, 6.45) is 0. The van der Waals surface area contributed by atoms with Gasteiger partial charge in [0.2, 0.25) is 0 Å². The summed E-state index contributed by atoms with van der Waals surface area (Å²) in [4.78, 5) is 0. The Balaban J connectivity index is 2.23. The summed E-state index contributed by atoms with van der Waals surface area (Å²) < 4.78 is 0. The highest BCUT2D eigenvalue weighted by atomic mass is 31.1. The fourth-order valence-electron chi connectivity index (χ4n) is 3.69. The summed E-state index contributed by atoms with van der Waals surface area (Å²) in [5, 5.41) is 5.79. The molecule has 4 heteroatoms. The molecular weight excluding hydrogens is 388 g/mol. The van der Waals surface area contributed by atoms with Gasteiger partial charge in [0.05, 0.1) is 0 Å². The highest BCUT2D eigenvalue weighted by molar-refractivity contribution is 7.37. The average Bonchev–Trinajstić information content (AvgIpc) is 2.66. The summed E-state index contributed by atoms with van der Waals surface area (Å²) in [6, 6.07) is 26.4. The molecule has 0 N–H and O–H groups in total. The number of fused-ring (bicyclic) bond motifs is 2. The van der Waals surface area contributed by atoms with Crippen molar-refractivity contribution in [3.8, 4) is 11.1 Å². The van der Waals surface area contributed by atoms with E-state index in [-0.39, 0.29) is 0 Å². The molecule has 4 unspecified atom stereocenters. The molecule has 0 radical (unpaired) electrons. The third kappa shape index (κ3) is 3.24. The van der Waals surface area contributed by atoms with E-state index in [1.165, 1.54) is 43.8 Å². The van der Waals surface area contributed by atoms with Crippen LogP contribution in [0, 0.1) is 0 Å². The molecule has 0 saturated heterocycles. The fraction of sp³-hybridized carbons (Fsp3) is 0.0909. The molecule has 0 heterocycles. The van der Waals surface area contributed by atoms with Crippen molar-refractivity contribution in [1.82, 2.24) is 0 Å². The second-order valence-corrected chi connectivity index (χ2v) is 11.0. The van der Waals surface area contributed by atoms with Crippen LogP contribution in [0.25, 0.3) is 32.7 Å². The molecule has 4 aromatic rings. The molecule has 130 valence electrons. The van der Waals surface area contributed by atoms with Crippen molar-refractivity contribution < 1.29 is 0 Å². The lowest BCUT2D eigenvalue weighted by Gasteiger charge is -2.22. The third-order valence-electron chi connectivity index (χ3n) is 4.89. The van der Waals surface area contributed by atoms with Gasteiger partial charge >= 0.3 is 0 Å². The van der Waals surface area contributed by atoms with Crippen molar-refractivity contribution in [2.75, 3.05) is 0 Å². The van der Waals surface area contributed by atoms with Crippen LogP contribution in [0.15, 0.2) is 72.8 Å². The molecule has 0 spiro atoms. The molecule has 4 atom stereocenters. The average molecular weight is 410 g/mol. The van der Waals surface area contributed by atoms with Gasteiger partial charge in [0.15, 0.2) is 0 Å². The van der Waals surface area contributed by atoms with Crippen molar-refractivity contribution in [2.45, 2.75) is 10.8 Å². The summed E-state index contributed by atoms with van der Waals surface area (Å²) >= 11 is 0. The predicted octanol–water partition coefficient (Wildman–Crippen LogP) is 7.16. The Kier molecular flexibility index (Phi) is 5.42. The minimum absolute atomic E-state index is 0.300. The van der Waals surface area contributed by atoms with Gasteiger partial charge in [-0.2, -0.15) is 0 Å². The quantitative estimate of drug-likeness (QED) is 0.315. The Labute approximate surface area is 164 Å². The Morgan fingerprint density at radius 1 is 0.462 bits per heavy atom. The first-order chi connectivity index (χ1) is 12.6. The van der Waals surface area contributed by atoms with Crippen molar-refractivity contribution in [1.29, 1.82) is 0 Å². The van der Waals surface area contributed by atoms with Gasteiger partial charge in [0.25, 0.3) is 0 Å². The highest BCUT2D eigenvalue weighted by Gasteiger charge is 2.19. The lowest BCUT2D eigenvalue weighted by molar-refractivity contribution is 1.36. The molecule has 0 nitrogen and oxygen atoms in total. The SMILES string of the molecule is PC(P)c1ccc2ccccc2c1-c1c(C(P)P)ccc2ccccc12. The van der Waals surface area contributed by atoms with E-state index in [2.05, 4.69) is 110 Å². The van der Waals surface area contributed by atoms with Crippen LogP contribution in [0.1, 0.15) is 21.9 Å². The van der Waals surface area contributed by atoms with Gasteiger partial charge in [0, 0.05) is 10.8 Å². The molecule has 0 aliphatic rings. The van der Waals surface area contributed by atoms with E-state index < -0.39 is 0 Å². The first-order valence-corrected chi connectivity index (χ1v) is 11.3. The molecule has 4 aromatic carbocycles. The Morgan fingerprint density at radius 2 is 0.846 bits per heavy atom. The first-order valence-electron chi connectivity index (χ1n) is 8.64. The lowest BCUT2D eigenvalue weighted by Crippen LogP contribution is -1.96. The monoisotopic (exact) mass is 410 g/mol. The van der Waals surface area contributed by atoms with Crippen LogP contribution < -0.4 is 0 Å². The zero-order valence-electron chi connectivity index (χ0n) is 14.4. The van der Waals surface area contributed by atoms with E-state index in [0.717, 1.165) is 0 Å². The van der Waals surface area contributed by atoms with Gasteiger partial charge in [-0.3, -0.25) is 0 Å². The molecule has 0 amide bonds. The number of benzene rings is 4. The summed E-state index contributed by atoms with van der Waals surface area (Å²) in [7, 11) is 11.8. The van der Waals surface area contributed by atoms with E-state index in [1.807, 2.05) is 0 Å². The minimum Gasteiger partial charge on any atom is -0.126 e. The maximum atomic E-state index is 2.94. The van der Waals surface area contributed by atoms with E-state index >= 15 is 0 Å².